The fourth-order valence-electron chi connectivity index (χ4n) is 2.58. The fourth-order valence-corrected chi connectivity index (χ4v) is 2.95. The van der Waals surface area contributed by atoms with Gasteiger partial charge in [0.2, 0.25) is 5.91 Å². The van der Waals surface area contributed by atoms with E-state index in [1.54, 1.807) is 0 Å². The summed E-state index contributed by atoms with van der Waals surface area (Å²) in [5.41, 5.74) is 0. The second-order valence-corrected chi connectivity index (χ2v) is 5.49. The van der Waals surface area contributed by atoms with E-state index in [0.717, 1.165) is 12.8 Å². The minimum atomic E-state index is 0.225. The highest BCUT2D eigenvalue weighted by Crippen LogP contribution is 2.26. The van der Waals surface area contributed by atoms with Gasteiger partial charge in [-0.25, -0.2) is 0 Å². The Labute approximate surface area is 110 Å². The van der Waals surface area contributed by atoms with Gasteiger partial charge in [-0.15, -0.1) is 11.6 Å². The molecular weight excluding hydrogens is 234 g/mol. The summed E-state index contributed by atoms with van der Waals surface area (Å²) in [7, 11) is 0. The van der Waals surface area contributed by atoms with Gasteiger partial charge in [0, 0.05) is 18.3 Å². The van der Waals surface area contributed by atoms with Crippen LogP contribution in [0.5, 0.6) is 0 Å². The highest BCUT2D eigenvalue weighted by atomic mass is 35.5. The first-order valence-corrected chi connectivity index (χ1v) is 7.66. The van der Waals surface area contributed by atoms with Crippen LogP contribution in [0.4, 0.5) is 0 Å². The smallest absolute Gasteiger partial charge is 0.220 e. The van der Waals surface area contributed by atoms with E-state index in [4.69, 9.17) is 11.6 Å². The maximum atomic E-state index is 11.7. The first-order valence-electron chi connectivity index (χ1n) is 7.13. The van der Waals surface area contributed by atoms with E-state index in [9.17, 15) is 4.79 Å². The highest BCUT2D eigenvalue weighted by molar-refractivity contribution is 6.18. The number of nitrogens with one attached hydrogen (secondary N) is 1. The molecule has 1 rings (SSSR count). The molecule has 1 N–H and O–H groups in total. The maximum Gasteiger partial charge on any atom is 0.220 e. The van der Waals surface area contributed by atoms with Gasteiger partial charge >= 0.3 is 0 Å². The van der Waals surface area contributed by atoms with Gasteiger partial charge in [-0.05, 0) is 25.2 Å². The van der Waals surface area contributed by atoms with Crippen LogP contribution in [-0.2, 0) is 4.79 Å². The van der Waals surface area contributed by atoms with Crippen molar-refractivity contribution in [2.45, 2.75) is 70.8 Å². The van der Waals surface area contributed by atoms with E-state index in [2.05, 4.69) is 12.2 Å². The van der Waals surface area contributed by atoms with Crippen molar-refractivity contribution in [3.05, 3.63) is 0 Å². The van der Waals surface area contributed by atoms with E-state index in [-0.39, 0.29) is 5.91 Å². The molecule has 17 heavy (non-hydrogen) atoms. The van der Waals surface area contributed by atoms with E-state index in [0.29, 0.717) is 24.3 Å². The van der Waals surface area contributed by atoms with Gasteiger partial charge in [0.1, 0.15) is 0 Å². The van der Waals surface area contributed by atoms with Gasteiger partial charge < -0.3 is 5.32 Å². The number of halogens is 1. The second-order valence-electron chi connectivity index (χ2n) is 5.18. The van der Waals surface area contributed by atoms with Crippen LogP contribution in [0.3, 0.4) is 0 Å². The lowest BCUT2D eigenvalue weighted by molar-refractivity contribution is -0.122. The van der Waals surface area contributed by atoms with Crippen LogP contribution in [-0.4, -0.2) is 17.8 Å². The summed E-state index contributed by atoms with van der Waals surface area (Å²) in [6, 6.07) is 0.343. The van der Waals surface area contributed by atoms with Gasteiger partial charge in [-0.2, -0.15) is 0 Å². The van der Waals surface area contributed by atoms with Crippen LogP contribution in [0.15, 0.2) is 0 Å². The van der Waals surface area contributed by atoms with Gasteiger partial charge in [0.15, 0.2) is 0 Å². The standard InChI is InChI=1S/C14H26ClNO/c1-2-3-4-5-6-10-14(17)16-13-9-7-8-12(13)11-15/h12-13H,2-11H2,1H3,(H,16,17). The summed E-state index contributed by atoms with van der Waals surface area (Å²) in [6.07, 6.45) is 10.2. The van der Waals surface area contributed by atoms with Crippen molar-refractivity contribution >= 4 is 17.5 Å². The van der Waals surface area contributed by atoms with Crippen LogP contribution >= 0.6 is 11.6 Å². The van der Waals surface area contributed by atoms with Gasteiger partial charge in [-0.1, -0.05) is 39.0 Å². The molecule has 0 radical (unpaired) electrons. The Morgan fingerprint density at radius 2 is 2.00 bits per heavy atom. The average Bonchev–Trinajstić information content (AvgIpc) is 2.76. The summed E-state index contributed by atoms with van der Waals surface area (Å²) in [4.78, 5) is 11.7. The number of amides is 1. The van der Waals surface area contributed by atoms with Crippen LogP contribution in [0.2, 0.25) is 0 Å². The van der Waals surface area contributed by atoms with Crippen LogP contribution in [0.1, 0.15) is 64.7 Å². The van der Waals surface area contributed by atoms with Crippen molar-refractivity contribution < 1.29 is 4.79 Å². The van der Waals surface area contributed by atoms with Gasteiger partial charge in [-0.3, -0.25) is 4.79 Å². The highest BCUT2D eigenvalue weighted by Gasteiger charge is 2.27. The SMILES string of the molecule is CCCCCCCC(=O)NC1CCCC1CCl. The molecule has 0 aromatic carbocycles. The number of rotatable bonds is 8. The molecule has 2 atom stereocenters. The first-order chi connectivity index (χ1) is 8.27. The predicted molar refractivity (Wildman–Crippen MR) is 73.4 cm³/mol. The minimum absolute atomic E-state index is 0.225. The Morgan fingerprint density at radius 3 is 2.71 bits per heavy atom. The molecule has 0 aliphatic heterocycles. The molecule has 0 aromatic rings. The lowest BCUT2D eigenvalue weighted by atomic mass is 10.1. The molecule has 1 fully saturated rings. The number of alkyl halides is 1. The summed E-state index contributed by atoms with van der Waals surface area (Å²) in [5.74, 6) is 1.41. The Bertz CT molecular complexity index is 220. The molecule has 100 valence electrons. The van der Waals surface area contributed by atoms with E-state index < -0.39 is 0 Å². The van der Waals surface area contributed by atoms with Crippen molar-refractivity contribution in [2.75, 3.05) is 5.88 Å². The molecule has 0 spiro atoms. The zero-order valence-corrected chi connectivity index (χ0v) is 11.8. The second kappa shape index (κ2) is 8.79. The van der Waals surface area contributed by atoms with Gasteiger partial charge in [0.05, 0.1) is 0 Å². The van der Waals surface area contributed by atoms with Crippen LogP contribution in [0, 0.1) is 5.92 Å². The van der Waals surface area contributed by atoms with Crippen molar-refractivity contribution in [1.29, 1.82) is 0 Å². The van der Waals surface area contributed by atoms with Crippen LogP contribution in [0.25, 0.3) is 0 Å². The van der Waals surface area contributed by atoms with Crippen LogP contribution < -0.4 is 5.32 Å². The molecule has 1 saturated carbocycles. The Morgan fingerprint density at radius 1 is 1.24 bits per heavy atom. The van der Waals surface area contributed by atoms with E-state index >= 15 is 0 Å². The van der Waals surface area contributed by atoms with E-state index in [1.165, 1.54) is 38.5 Å². The number of carbonyl (C=O) groups is 1. The Balaban J connectivity index is 2.08. The van der Waals surface area contributed by atoms with Crippen molar-refractivity contribution in [2.24, 2.45) is 5.92 Å². The fraction of sp³-hybridized carbons (Fsp3) is 0.929. The lowest BCUT2D eigenvalue weighted by Crippen LogP contribution is -2.37. The molecule has 0 aromatic heterocycles. The molecule has 3 heteroatoms. The van der Waals surface area contributed by atoms with Gasteiger partial charge in [0.25, 0.3) is 0 Å². The summed E-state index contributed by atoms with van der Waals surface area (Å²) in [5, 5.41) is 3.15. The summed E-state index contributed by atoms with van der Waals surface area (Å²) < 4.78 is 0. The molecule has 2 unspecified atom stereocenters. The molecule has 0 heterocycles. The summed E-state index contributed by atoms with van der Waals surface area (Å²) in [6.45, 7) is 2.21. The summed E-state index contributed by atoms with van der Waals surface area (Å²) >= 11 is 5.90. The molecule has 1 amide bonds. The number of unbranched alkanes of at least 4 members (excludes halogenated alkanes) is 4. The third-order valence-corrected chi connectivity index (χ3v) is 4.11. The molecule has 0 saturated heterocycles. The maximum absolute atomic E-state index is 11.7. The molecule has 2 nitrogen and oxygen atoms in total. The third kappa shape index (κ3) is 5.76. The zero-order chi connectivity index (χ0) is 12.5. The lowest BCUT2D eigenvalue weighted by Gasteiger charge is -2.18. The third-order valence-electron chi connectivity index (χ3n) is 3.71. The Hall–Kier alpha value is -0.240. The van der Waals surface area contributed by atoms with E-state index in [1.807, 2.05) is 0 Å². The zero-order valence-electron chi connectivity index (χ0n) is 11.0. The largest absolute Gasteiger partial charge is 0.353 e. The average molecular weight is 260 g/mol. The van der Waals surface area contributed by atoms with Crippen molar-refractivity contribution in [3.8, 4) is 0 Å². The quantitative estimate of drug-likeness (QED) is 0.520. The van der Waals surface area contributed by atoms with Crippen molar-refractivity contribution in [3.63, 3.8) is 0 Å². The molecule has 1 aliphatic rings. The normalized spacial score (nSPS) is 23.9. The minimum Gasteiger partial charge on any atom is -0.353 e. The number of hydrogen-bond donors (Lipinski definition) is 1. The molecular formula is C14H26ClNO. The predicted octanol–water partition coefficient (Wildman–Crippen LogP) is 3.87. The number of carbonyl (C=O) groups excluding carboxylic acids is 1. The monoisotopic (exact) mass is 259 g/mol. The van der Waals surface area contributed by atoms with Crippen molar-refractivity contribution in [1.82, 2.24) is 5.32 Å². The molecule has 0 bridgehead atoms. The number of hydrogen-bond acceptors (Lipinski definition) is 1. The Kier molecular flexibility index (Phi) is 7.67. The topological polar surface area (TPSA) is 29.1 Å². The molecule has 1 aliphatic carbocycles. The first kappa shape index (κ1) is 14.8.